The van der Waals surface area contributed by atoms with Crippen LogP contribution in [-0.4, -0.2) is 38.7 Å². The molecule has 0 N–H and O–H groups in total. The lowest BCUT2D eigenvalue weighted by Crippen LogP contribution is -2.42. The summed E-state index contributed by atoms with van der Waals surface area (Å²) in [6.45, 7) is 3.05. The topological polar surface area (TPSA) is 63.7 Å². The third kappa shape index (κ3) is 5.28. The van der Waals surface area contributed by atoms with Crippen LogP contribution >= 0.6 is 11.6 Å². The highest BCUT2D eigenvalue weighted by atomic mass is 35.5. The lowest BCUT2D eigenvalue weighted by Gasteiger charge is -2.39. The Balaban J connectivity index is 1.33. The highest BCUT2D eigenvalue weighted by Crippen LogP contribution is 2.50. The molecule has 2 aliphatic rings. The van der Waals surface area contributed by atoms with E-state index in [4.69, 9.17) is 16.3 Å². The van der Waals surface area contributed by atoms with E-state index in [1.807, 2.05) is 31.2 Å². The van der Waals surface area contributed by atoms with Gasteiger partial charge in [0, 0.05) is 30.5 Å². The number of ether oxygens (including phenoxy) is 1. The van der Waals surface area contributed by atoms with E-state index in [9.17, 15) is 13.2 Å². The Bertz CT molecular complexity index is 1070. The third-order valence-electron chi connectivity index (χ3n) is 7.63. The Hall–Kier alpha value is -1.89. The largest absolute Gasteiger partial charge is 0.497 e. The summed E-state index contributed by atoms with van der Waals surface area (Å²) in [6, 6.07) is 14.1. The molecule has 0 radical (unpaired) electrons. The standard InChI is InChI=1S/C26H32ClNO4S/c1-19(21-3-5-22(27)6-4-21)25(29)17-20-11-12-26(18-20)13-15-28(16-14-26)33(30,31)24-9-7-23(32-2)8-10-24/h3-10,19-20H,11-18H2,1-2H3. The van der Waals surface area contributed by atoms with Gasteiger partial charge in [0.2, 0.25) is 10.0 Å². The zero-order chi connectivity index (χ0) is 23.6. The molecule has 0 bridgehead atoms. The molecular formula is C26H32ClNO4S. The van der Waals surface area contributed by atoms with Crippen molar-refractivity contribution in [3.05, 3.63) is 59.1 Å². The van der Waals surface area contributed by atoms with E-state index in [1.165, 1.54) is 0 Å². The van der Waals surface area contributed by atoms with E-state index in [0.717, 1.165) is 37.7 Å². The van der Waals surface area contributed by atoms with Crippen molar-refractivity contribution in [1.82, 2.24) is 4.31 Å². The Kier molecular flexibility index (Phi) is 7.18. The number of rotatable bonds is 7. The Morgan fingerprint density at radius 2 is 1.73 bits per heavy atom. The minimum absolute atomic E-state index is 0.129. The van der Waals surface area contributed by atoms with Crippen molar-refractivity contribution >= 4 is 27.4 Å². The van der Waals surface area contributed by atoms with E-state index in [1.54, 1.807) is 35.7 Å². The molecule has 1 saturated carbocycles. The fraction of sp³-hybridized carbons (Fsp3) is 0.500. The molecule has 4 rings (SSSR count). The molecule has 2 aromatic rings. The van der Waals surface area contributed by atoms with Crippen LogP contribution in [0.4, 0.5) is 0 Å². The number of hydrogen-bond acceptors (Lipinski definition) is 4. The number of hydrogen-bond donors (Lipinski definition) is 0. The highest BCUT2D eigenvalue weighted by molar-refractivity contribution is 7.89. The first-order valence-electron chi connectivity index (χ1n) is 11.6. The van der Waals surface area contributed by atoms with Gasteiger partial charge in [-0.2, -0.15) is 4.31 Å². The van der Waals surface area contributed by atoms with Gasteiger partial charge in [0.05, 0.1) is 12.0 Å². The summed E-state index contributed by atoms with van der Waals surface area (Å²) in [4.78, 5) is 13.2. The van der Waals surface area contributed by atoms with E-state index in [2.05, 4.69) is 0 Å². The smallest absolute Gasteiger partial charge is 0.243 e. The number of Topliss-reactive ketones (excluding diaryl/α,β-unsaturated/α-hetero) is 1. The van der Waals surface area contributed by atoms with Crippen LogP contribution in [0.2, 0.25) is 5.02 Å². The minimum atomic E-state index is -3.50. The van der Waals surface area contributed by atoms with E-state index in [0.29, 0.717) is 41.1 Å². The molecule has 33 heavy (non-hydrogen) atoms. The monoisotopic (exact) mass is 489 g/mol. The van der Waals surface area contributed by atoms with Crippen LogP contribution < -0.4 is 4.74 Å². The second kappa shape index (κ2) is 9.77. The molecule has 1 aliphatic heterocycles. The SMILES string of the molecule is COc1ccc(S(=O)(=O)N2CCC3(CCC(CC(=O)C(C)c4ccc(Cl)cc4)C3)CC2)cc1. The zero-order valence-corrected chi connectivity index (χ0v) is 20.9. The van der Waals surface area contributed by atoms with Crippen molar-refractivity contribution in [2.45, 2.75) is 56.3 Å². The number of carbonyl (C=O) groups excluding carboxylic acids is 1. The van der Waals surface area contributed by atoms with Crippen molar-refractivity contribution in [3.63, 3.8) is 0 Å². The number of carbonyl (C=O) groups is 1. The number of ketones is 1. The molecule has 1 saturated heterocycles. The Labute approximate surface area is 202 Å². The number of halogens is 1. The van der Waals surface area contributed by atoms with E-state index in [-0.39, 0.29) is 17.1 Å². The molecule has 178 valence electrons. The normalized spacial score (nSPS) is 21.7. The predicted molar refractivity (Wildman–Crippen MR) is 130 cm³/mol. The average Bonchev–Trinajstić information content (AvgIpc) is 3.21. The van der Waals surface area contributed by atoms with Crippen molar-refractivity contribution < 1.29 is 17.9 Å². The maximum absolute atomic E-state index is 13.1. The maximum Gasteiger partial charge on any atom is 0.243 e. The molecule has 0 amide bonds. The summed E-state index contributed by atoms with van der Waals surface area (Å²) < 4.78 is 32.9. The second-order valence-corrected chi connectivity index (χ2v) is 12.0. The van der Waals surface area contributed by atoms with Crippen LogP contribution in [-0.2, 0) is 14.8 Å². The molecule has 5 nitrogen and oxygen atoms in total. The Morgan fingerprint density at radius 1 is 1.09 bits per heavy atom. The first kappa shape index (κ1) is 24.2. The number of benzene rings is 2. The van der Waals surface area contributed by atoms with Crippen molar-refractivity contribution in [3.8, 4) is 5.75 Å². The average molecular weight is 490 g/mol. The van der Waals surface area contributed by atoms with E-state index >= 15 is 0 Å². The first-order valence-corrected chi connectivity index (χ1v) is 13.5. The minimum Gasteiger partial charge on any atom is -0.497 e. The van der Waals surface area contributed by atoms with Gasteiger partial charge >= 0.3 is 0 Å². The molecule has 1 spiro atoms. The van der Waals surface area contributed by atoms with Crippen LogP contribution in [0.1, 0.15) is 56.9 Å². The number of methoxy groups -OCH3 is 1. The predicted octanol–water partition coefficient (Wildman–Crippen LogP) is 5.68. The van der Waals surface area contributed by atoms with Gasteiger partial charge in [-0.05, 0) is 85.4 Å². The van der Waals surface area contributed by atoms with Gasteiger partial charge in [0.1, 0.15) is 11.5 Å². The van der Waals surface area contributed by atoms with Crippen LogP contribution in [0.25, 0.3) is 0 Å². The molecule has 1 aliphatic carbocycles. The second-order valence-electron chi connectivity index (χ2n) is 9.63. The summed E-state index contributed by atoms with van der Waals surface area (Å²) in [6.07, 6.45) is 5.46. The van der Waals surface area contributed by atoms with Gasteiger partial charge < -0.3 is 4.74 Å². The summed E-state index contributed by atoms with van der Waals surface area (Å²) in [5.74, 6) is 1.18. The number of nitrogens with zero attached hydrogens (tertiary/aromatic N) is 1. The summed E-state index contributed by atoms with van der Waals surface area (Å²) in [7, 11) is -1.93. The van der Waals surface area contributed by atoms with Crippen LogP contribution in [0, 0.1) is 11.3 Å². The quantitative estimate of drug-likeness (QED) is 0.501. The van der Waals surface area contributed by atoms with Gasteiger partial charge in [0.25, 0.3) is 0 Å². The number of piperidine rings is 1. The van der Waals surface area contributed by atoms with Gasteiger partial charge in [-0.25, -0.2) is 8.42 Å². The molecule has 1 heterocycles. The van der Waals surface area contributed by atoms with Crippen molar-refractivity contribution in [2.24, 2.45) is 11.3 Å². The zero-order valence-electron chi connectivity index (χ0n) is 19.3. The lowest BCUT2D eigenvalue weighted by molar-refractivity contribution is -0.121. The van der Waals surface area contributed by atoms with Gasteiger partial charge in [0.15, 0.2) is 0 Å². The molecule has 2 atom stereocenters. The fourth-order valence-corrected chi connectivity index (χ4v) is 7.02. The van der Waals surface area contributed by atoms with Crippen LogP contribution in [0.15, 0.2) is 53.4 Å². The molecule has 7 heteroatoms. The van der Waals surface area contributed by atoms with Gasteiger partial charge in [-0.15, -0.1) is 0 Å². The summed E-state index contributed by atoms with van der Waals surface area (Å²) in [5, 5.41) is 0.677. The lowest BCUT2D eigenvalue weighted by atomic mass is 9.76. The van der Waals surface area contributed by atoms with Gasteiger partial charge in [-0.1, -0.05) is 30.7 Å². The molecule has 2 unspecified atom stereocenters. The number of sulfonamides is 1. The van der Waals surface area contributed by atoms with Gasteiger partial charge in [-0.3, -0.25) is 4.79 Å². The summed E-state index contributed by atoms with van der Waals surface area (Å²) >= 11 is 5.97. The third-order valence-corrected chi connectivity index (χ3v) is 9.79. The van der Waals surface area contributed by atoms with E-state index < -0.39 is 10.0 Å². The molecule has 0 aromatic heterocycles. The molecule has 2 aromatic carbocycles. The van der Waals surface area contributed by atoms with Crippen LogP contribution in [0.3, 0.4) is 0 Å². The highest BCUT2D eigenvalue weighted by Gasteiger charge is 2.44. The maximum atomic E-state index is 13.1. The summed E-state index contributed by atoms with van der Waals surface area (Å²) in [5.41, 5.74) is 1.18. The fourth-order valence-electron chi connectivity index (χ4n) is 5.45. The van der Waals surface area contributed by atoms with Crippen molar-refractivity contribution in [1.29, 1.82) is 0 Å². The molecule has 2 fully saturated rings. The van der Waals surface area contributed by atoms with Crippen LogP contribution in [0.5, 0.6) is 5.75 Å². The first-order chi connectivity index (χ1) is 15.7. The Morgan fingerprint density at radius 3 is 2.33 bits per heavy atom. The molecular weight excluding hydrogens is 458 g/mol. The van der Waals surface area contributed by atoms with Crippen molar-refractivity contribution in [2.75, 3.05) is 20.2 Å².